The van der Waals surface area contributed by atoms with Gasteiger partial charge in [0.25, 0.3) is 0 Å². The molecule has 0 saturated carbocycles. The molecule has 3 unspecified atom stereocenters. The van der Waals surface area contributed by atoms with E-state index in [1.165, 1.54) is 0 Å². The third-order valence-corrected chi connectivity index (χ3v) is 4.46. The van der Waals surface area contributed by atoms with Crippen molar-refractivity contribution in [3.63, 3.8) is 0 Å². The van der Waals surface area contributed by atoms with E-state index in [2.05, 4.69) is 5.32 Å². The lowest BCUT2D eigenvalue weighted by atomic mass is 9.97. The number of aliphatic hydroxyl groups is 2. The largest absolute Gasteiger partial charge is 0.389 e. The Balaban J connectivity index is 1.57. The van der Waals surface area contributed by atoms with Crippen molar-refractivity contribution >= 4 is 11.3 Å². The highest BCUT2D eigenvalue weighted by molar-refractivity contribution is 7.09. The van der Waals surface area contributed by atoms with Gasteiger partial charge in [-0.1, -0.05) is 6.07 Å². The number of nitrogens with one attached hydrogen (secondary N) is 1. The molecule has 1 aromatic heterocycles. The van der Waals surface area contributed by atoms with Crippen LogP contribution in [0, 0.1) is 0 Å². The highest BCUT2D eigenvalue weighted by atomic mass is 32.1. The van der Waals surface area contributed by atoms with Crippen LogP contribution in [0.1, 0.15) is 18.2 Å². The van der Waals surface area contributed by atoms with E-state index in [1.807, 2.05) is 24.4 Å². The predicted octanol–water partition coefficient (Wildman–Crippen LogP) is 0.755. The van der Waals surface area contributed by atoms with Crippen molar-refractivity contribution in [2.75, 3.05) is 26.3 Å². The lowest BCUT2D eigenvalue weighted by molar-refractivity contribution is -0.0296. The van der Waals surface area contributed by atoms with Gasteiger partial charge < -0.3 is 25.0 Å². The molecule has 0 amide bonds. The Kier molecular flexibility index (Phi) is 5.95. The maximum atomic E-state index is 10.3. The van der Waals surface area contributed by atoms with Crippen molar-refractivity contribution in [3.8, 4) is 0 Å². The van der Waals surface area contributed by atoms with Crippen LogP contribution in [-0.4, -0.2) is 54.3 Å². The Morgan fingerprint density at radius 1 is 1.65 bits per heavy atom. The Morgan fingerprint density at radius 2 is 2.50 bits per heavy atom. The molecule has 1 saturated heterocycles. The number of hydrogen-bond donors (Lipinski definition) is 3. The first-order valence-corrected chi connectivity index (χ1v) is 7.81. The predicted molar refractivity (Wildman–Crippen MR) is 77.8 cm³/mol. The molecule has 0 radical (unpaired) electrons. The van der Waals surface area contributed by atoms with Crippen LogP contribution in [-0.2, 0) is 16.1 Å². The lowest BCUT2D eigenvalue weighted by Crippen LogP contribution is -2.47. The lowest BCUT2D eigenvalue weighted by Gasteiger charge is -2.26. The van der Waals surface area contributed by atoms with E-state index in [1.54, 1.807) is 11.3 Å². The van der Waals surface area contributed by atoms with Crippen LogP contribution >= 0.6 is 11.3 Å². The van der Waals surface area contributed by atoms with E-state index in [9.17, 15) is 10.2 Å². The van der Waals surface area contributed by atoms with E-state index >= 15 is 0 Å². The minimum atomic E-state index is -0.822. The molecular weight excluding hydrogens is 278 g/mol. The summed E-state index contributed by atoms with van der Waals surface area (Å²) in [5, 5.41) is 25.2. The maximum Gasteiger partial charge on any atom is 0.105 e. The molecule has 20 heavy (non-hydrogen) atoms. The van der Waals surface area contributed by atoms with Crippen LogP contribution in [0.2, 0.25) is 0 Å². The van der Waals surface area contributed by atoms with Gasteiger partial charge in [0.05, 0.1) is 25.4 Å². The van der Waals surface area contributed by atoms with Gasteiger partial charge in [-0.3, -0.25) is 0 Å². The molecule has 1 aliphatic rings. The normalized spacial score (nSPS) is 27.9. The zero-order chi connectivity index (χ0) is 14.4. The van der Waals surface area contributed by atoms with Crippen molar-refractivity contribution < 1.29 is 19.7 Å². The summed E-state index contributed by atoms with van der Waals surface area (Å²) >= 11 is 1.64. The molecule has 1 aliphatic heterocycles. The summed E-state index contributed by atoms with van der Waals surface area (Å²) < 4.78 is 10.8. The summed E-state index contributed by atoms with van der Waals surface area (Å²) in [6.45, 7) is 4.11. The molecule has 114 valence electrons. The molecule has 3 N–H and O–H groups in total. The summed E-state index contributed by atoms with van der Waals surface area (Å²) in [4.78, 5) is 1.15. The maximum absolute atomic E-state index is 10.3. The molecule has 1 aromatic rings. The molecule has 0 aliphatic carbocycles. The number of ether oxygens (including phenoxy) is 2. The number of hydrogen-bond acceptors (Lipinski definition) is 6. The molecule has 0 aromatic carbocycles. The first-order valence-electron chi connectivity index (χ1n) is 6.93. The van der Waals surface area contributed by atoms with E-state index < -0.39 is 11.7 Å². The Morgan fingerprint density at radius 3 is 3.15 bits per heavy atom. The summed E-state index contributed by atoms with van der Waals surface area (Å²) in [6.07, 6.45) is -0.106. The quantitative estimate of drug-likeness (QED) is 0.661. The second-order valence-electron chi connectivity index (χ2n) is 5.25. The van der Waals surface area contributed by atoms with Crippen molar-refractivity contribution in [2.45, 2.75) is 37.8 Å². The van der Waals surface area contributed by atoms with Gasteiger partial charge in [0.15, 0.2) is 0 Å². The second-order valence-corrected chi connectivity index (χ2v) is 6.28. The van der Waals surface area contributed by atoms with Gasteiger partial charge in [-0.2, -0.15) is 0 Å². The monoisotopic (exact) mass is 301 g/mol. The fraction of sp³-hybridized carbons (Fsp3) is 0.714. The number of thiophene rings is 1. The molecule has 0 spiro atoms. The minimum Gasteiger partial charge on any atom is -0.389 e. The van der Waals surface area contributed by atoms with Gasteiger partial charge in [0.2, 0.25) is 0 Å². The van der Waals surface area contributed by atoms with Crippen LogP contribution in [0.25, 0.3) is 0 Å². The third kappa shape index (κ3) is 4.51. The zero-order valence-corrected chi connectivity index (χ0v) is 12.6. The molecule has 5 nitrogen and oxygen atoms in total. The van der Waals surface area contributed by atoms with Gasteiger partial charge in [-0.05, 0) is 18.4 Å². The molecular formula is C14H23NO4S. The van der Waals surface area contributed by atoms with E-state index in [4.69, 9.17) is 9.47 Å². The van der Waals surface area contributed by atoms with Gasteiger partial charge >= 0.3 is 0 Å². The van der Waals surface area contributed by atoms with Crippen molar-refractivity contribution in [2.24, 2.45) is 0 Å². The van der Waals surface area contributed by atoms with Gasteiger partial charge in [0, 0.05) is 31.0 Å². The van der Waals surface area contributed by atoms with Crippen molar-refractivity contribution in [1.29, 1.82) is 0 Å². The summed E-state index contributed by atoms with van der Waals surface area (Å²) in [7, 11) is 0. The molecule has 0 bridgehead atoms. The van der Waals surface area contributed by atoms with Crippen LogP contribution in [0.15, 0.2) is 17.5 Å². The standard InChI is InChI=1S/C14H23NO4S/c1-11-14(17,4-5-19-11)10-15-7-12(16)8-18-9-13-3-2-6-20-13/h2-3,6,11-12,15-17H,4-5,7-10H2,1H3. The SMILES string of the molecule is CC1OCCC1(O)CNCC(O)COCc1cccs1. The number of aliphatic hydroxyl groups excluding tert-OH is 1. The van der Waals surface area contributed by atoms with E-state index in [0.717, 1.165) is 4.88 Å². The summed E-state index contributed by atoms with van der Waals surface area (Å²) in [5.74, 6) is 0. The first kappa shape index (κ1) is 15.9. The summed E-state index contributed by atoms with van der Waals surface area (Å²) in [6, 6.07) is 3.99. The van der Waals surface area contributed by atoms with Gasteiger partial charge in [0.1, 0.15) is 5.60 Å². The Bertz CT molecular complexity index is 387. The highest BCUT2D eigenvalue weighted by Crippen LogP contribution is 2.24. The van der Waals surface area contributed by atoms with Gasteiger partial charge in [-0.15, -0.1) is 11.3 Å². The summed E-state index contributed by atoms with van der Waals surface area (Å²) in [5.41, 5.74) is -0.822. The minimum absolute atomic E-state index is 0.165. The molecule has 2 heterocycles. The van der Waals surface area contributed by atoms with Gasteiger partial charge in [-0.25, -0.2) is 0 Å². The third-order valence-electron chi connectivity index (χ3n) is 3.61. The molecule has 2 rings (SSSR count). The average Bonchev–Trinajstić information content (AvgIpc) is 3.01. The highest BCUT2D eigenvalue weighted by Gasteiger charge is 2.39. The van der Waals surface area contributed by atoms with Crippen molar-refractivity contribution in [1.82, 2.24) is 5.32 Å². The first-order chi connectivity index (χ1) is 9.60. The fourth-order valence-electron chi connectivity index (χ4n) is 2.21. The molecule has 6 heteroatoms. The van der Waals surface area contributed by atoms with E-state index in [0.29, 0.717) is 32.7 Å². The van der Waals surface area contributed by atoms with Crippen LogP contribution in [0.4, 0.5) is 0 Å². The Labute approximate surface area is 123 Å². The molecule has 3 atom stereocenters. The van der Waals surface area contributed by atoms with Crippen LogP contribution in [0.5, 0.6) is 0 Å². The van der Waals surface area contributed by atoms with Crippen LogP contribution < -0.4 is 5.32 Å². The fourth-order valence-corrected chi connectivity index (χ4v) is 2.85. The van der Waals surface area contributed by atoms with E-state index in [-0.39, 0.29) is 12.7 Å². The topological polar surface area (TPSA) is 71.0 Å². The van der Waals surface area contributed by atoms with Crippen molar-refractivity contribution in [3.05, 3.63) is 22.4 Å². The van der Waals surface area contributed by atoms with Crippen LogP contribution in [0.3, 0.4) is 0 Å². The molecule has 1 fully saturated rings. The zero-order valence-electron chi connectivity index (χ0n) is 11.7. The Hall–Kier alpha value is -0.500. The number of rotatable bonds is 8. The smallest absolute Gasteiger partial charge is 0.105 e. The second kappa shape index (κ2) is 7.49. The average molecular weight is 301 g/mol.